The molecule has 2 heteroatoms. The SMILES string of the molecule is Cc1ccc(CCC[C@H]2C(C)C[C@@H](O)[C@@H]2C#Cc2ccccc2)s1. The molecule has 1 aromatic heterocycles. The number of hydrogen-bond donors (Lipinski definition) is 1. The standard InChI is InChI=1S/C22H26OS/c1-16-15-22(23)21(14-12-18-7-4-3-5-8-18)20(16)10-6-9-19-13-11-17(2)24-19/h3-5,7-8,11,13,16,20-23H,6,9-10,15H2,1-2H3/t16?,20-,21+,22+/m0/s1. The topological polar surface area (TPSA) is 20.2 Å². The molecule has 1 unspecified atom stereocenters. The zero-order valence-corrected chi connectivity index (χ0v) is 15.4. The maximum atomic E-state index is 10.4. The van der Waals surface area contributed by atoms with E-state index in [0.717, 1.165) is 24.8 Å². The van der Waals surface area contributed by atoms with Gasteiger partial charge in [-0.05, 0) is 68.7 Å². The maximum absolute atomic E-state index is 10.4. The highest BCUT2D eigenvalue weighted by atomic mass is 32.1. The zero-order valence-electron chi connectivity index (χ0n) is 14.5. The van der Waals surface area contributed by atoms with E-state index in [2.05, 4.69) is 37.8 Å². The first-order chi connectivity index (χ1) is 11.6. The molecule has 126 valence electrons. The van der Waals surface area contributed by atoms with Crippen molar-refractivity contribution in [3.8, 4) is 11.8 Å². The summed E-state index contributed by atoms with van der Waals surface area (Å²) in [6, 6.07) is 14.6. The number of aliphatic hydroxyl groups is 1. The molecule has 0 amide bonds. The van der Waals surface area contributed by atoms with E-state index < -0.39 is 0 Å². The van der Waals surface area contributed by atoms with Crippen molar-refractivity contribution in [1.29, 1.82) is 0 Å². The van der Waals surface area contributed by atoms with Gasteiger partial charge in [0.2, 0.25) is 0 Å². The molecule has 24 heavy (non-hydrogen) atoms. The monoisotopic (exact) mass is 338 g/mol. The molecular weight excluding hydrogens is 312 g/mol. The van der Waals surface area contributed by atoms with Gasteiger partial charge in [-0.1, -0.05) is 37.0 Å². The quantitative estimate of drug-likeness (QED) is 0.772. The fraction of sp³-hybridized carbons (Fsp3) is 0.455. The number of aliphatic hydroxyl groups excluding tert-OH is 1. The van der Waals surface area contributed by atoms with Crippen LogP contribution in [0.25, 0.3) is 0 Å². The van der Waals surface area contributed by atoms with Crippen molar-refractivity contribution in [1.82, 2.24) is 0 Å². The van der Waals surface area contributed by atoms with E-state index in [1.807, 2.05) is 41.7 Å². The van der Waals surface area contributed by atoms with Crippen molar-refractivity contribution in [3.05, 3.63) is 57.8 Å². The molecule has 1 saturated carbocycles. The van der Waals surface area contributed by atoms with Crippen molar-refractivity contribution >= 4 is 11.3 Å². The lowest BCUT2D eigenvalue weighted by Crippen LogP contribution is -2.18. The van der Waals surface area contributed by atoms with Crippen molar-refractivity contribution in [3.63, 3.8) is 0 Å². The molecule has 1 N–H and O–H groups in total. The average molecular weight is 339 g/mol. The highest BCUT2D eigenvalue weighted by molar-refractivity contribution is 7.11. The lowest BCUT2D eigenvalue weighted by molar-refractivity contribution is 0.144. The van der Waals surface area contributed by atoms with Gasteiger partial charge in [-0.2, -0.15) is 0 Å². The van der Waals surface area contributed by atoms with E-state index in [-0.39, 0.29) is 12.0 Å². The second kappa shape index (κ2) is 8.01. The van der Waals surface area contributed by atoms with Gasteiger partial charge in [-0.15, -0.1) is 11.3 Å². The lowest BCUT2D eigenvalue weighted by Gasteiger charge is -2.19. The molecule has 1 aliphatic carbocycles. The van der Waals surface area contributed by atoms with Crippen LogP contribution in [0.4, 0.5) is 0 Å². The van der Waals surface area contributed by atoms with Gasteiger partial charge in [0.05, 0.1) is 6.10 Å². The normalized spacial score (nSPS) is 26.1. The Bertz CT molecular complexity index is 706. The molecule has 2 aromatic rings. The summed E-state index contributed by atoms with van der Waals surface area (Å²) in [4.78, 5) is 2.87. The first-order valence-corrected chi connectivity index (χ1v) is 9.75. The molecule has 1 aliphatic rings. The molecule has 1 heterocycles. The second-order valence-corrected chi connectivity index (χ2v) is 8.38. The lowest BCUT2D eigenvalue weighted by atomic mass is 9.85. The Labute approximate surface area is 149 Å². The average Bonchev–Trinajstić information content (AvgIpc) is 3.10. The van der Waals surface area contributed by atoms with Crippen LogP contribution in [0, 0.1) is 36.5 Å². The molecule has 1 nitrogen and oxygen atoms in total. The van der Waals surface area contributed by atoms with E-state index in [1.165, 1.54) is 16.2 Å². The van der Waals surface area contributed by atoms with Crippen molar-refractivity contribution < 1.29 is 5.11 Å². The van der Waals surface area contributed by atoms with Crippen LogP contribution < -0.4 is 0 Å². The molecule has 0 spiro atoms. The van der Waals surface area contributed by atoms with E-state index in [0.29, 0.717) is 11.8 Å². The minimum Gasteiger partial charge on any atom is -0.392 e. The van der Waals surface area contributed by atoms with E-state index in [1.54, 1.807) is 0 Å². The van der Waals surface area contributed by atoms with Gasteiger partial charge in [-0.3, -0.25) is 0 Å². The Morgan fingerprint density at radius 3 is 2.67 bits per heavy atom. The third kappa shape index (κ3) is 4.29. The summed E-state index contributed by atoms with van der Waals surface area (Å²) in [5.41, 5.74) is 1.04. The Balaban J connectivity index is 1.62. The molecule has 0 bridgehead atoms. The maximum Gasteiger partial charge on any atom is 0.0683 e. The van der Waals surface area contributed by atoms with Gasteiger partial charge in [0.25, 0.3) is 0 Å². The molecule has 0 radical (unpaired) electrons. The summed E-state index contributed by atoms with van der Waals surface area (Å²) in [6.07, 6.45) is 4.10. The Hall–Kier alpha value is -1.56. The van der Waals surface area contributed by atoms with Gasteiger partial charge in [0, 0.05) is 21.2 Å². The van der Waals surface area contributed by atoms with Crippen LogP contribution >= 0.6 is 11.3 Å². The van der Waals surface area contributed by atoms with Gasteiger partial charge in [0.1, 0.15) is 0 Å². The Morgan fingerprint density at radius 2 is 1.96 bits per heavy atom. The van der Waals surface area contributed by atoms with Crippen LogP contribution in [-0.2, 0) is 6.42 Å². The predicted octanol–water partition coefficient (Wildman–Crippen LogP) is 5.06. The first kappa shape index (κ1) is 17.3. The third-order valence-corrected chi connectivity index (χ3v) is 6.19. The van der Waals surface area contributed by atoms with Crippen LogP contribution in [0.3, 0.4) is 0 Å². The van der Waals surface area contributed by atoms with Crippen LogP contribution in [0.1, 0.15) is 41.5 Å². The number of aryl methyl sites for hydroxylation is 2. The zero-order chi connectivity index (χ0) is 16.9. The van der Waals surface area contributed by atoms with E-state index in [4.69, 9.17) is 0 Å². The molecule has 1 fully saturated rings. The molecule has 3 rings (SSSR count). The summed E-state index contributed by atoms with van der Waals surface area (Å²) in [6.45, 7) is 4.44. The van der Waals surface area contributed by atoms with Crippen molar-refractivity contribution in [2.24, 2.45) is 17.8 Å². The molecule has 0 saturated heterocycles. The number of benzene rings is 1. The summed E-state index contributed by atoms with van der Waals surface area (Å²) >= 11 is 1.90. The number of rotatable bonds is 4. The van der Waals surface area contributed by atoms with E-state index in [9.17, 15) is 5.11 Å². The van der Waals surface area contributed by atoms with Crippen molar-refractivity contribution in [2.75, 3.05) is 0 Å². The third-order valence-electron chi connectivity index (χ3n) is 5.13. The van der Waals surface area contributed by atoms with Crippen LogP contribution in [0.5, 0.6) is 0 Å². The van der Waals surface area contributed by atoms with Crippen LogP contribution in [0.2, 0.25) is 0 Å². The Morgan fingerprint density at radius 1 is 1.17 bits per heavy atom. The number of hydrogen-bond acceptors (Lipinski definition) is 2. The largest absolute Gasteiger partial charge is 0.392 e. The first-order valence-electron chi connectivity index (χ1n) is 8.93. The molecule has 0 aliphatic heterocycles. The smallest absolute Gasteiger partial charge is 0.0683 e. The molecular formula is C22H26OS. The van der Waals surface area contributed by atoms with Crippen LogP contribution in [0.15, 0.2) is 42.5 Å². The minimum atomic E-state index is -0.273. The number of thiophene rings is 1. The summed E-state index contributed by atoms with van der Waals surface area (Å²) in [7, 11) is 0. The summed E-state index contributed by atoms with van der Waals surface area (Å²) < 4.78 is 0. The highest BCUT2D eigenvalue weighted by Gasteiger charge is 2.38. The van der Waals surface area contributed by atoms with Gasteiger partial charge in [-0.25, -0.2) is 0 Å². The fourth-order valence-electron chi connectivity index (χ4n) is 3.83. The van der Waals surface area contributed by atoms with Crippen molar-refractivity contribution in [2.45, 2.75) is 45.6 Å². The summed E-state index contributed by atoms with van der Waals surface area (Å²) in [5.74, 6) is 7.84. The fourth-order valence-corrected chi connectivity index (χ4v) is 4.76. The highest BCUT2D eigenvalue weighted by Crippen LogP contribution is 2.40. The summed E-state index contributed by atoms with van der Waals surface area (Å²) in [5, 5.41) is 10.4. The van der Waals surface area contributed by atoms with Gasteiger partial charge >= 0.3 is 0 Å². The Kier molecular flexibility index (Phi) is 5.76. The molecule has 1 aromatic carbocycles. The van der Waals surface area contributed by atoms with Gasteiger partial charge < -0.3 is 5.11 Å². The predicted molar refractivity (Wildman–Crippen MR) is 102 cm³/mol. The minimum absolute atomic E-state index is 0.116. The van der Waals surface area contributed by atoms with E-state index >= 15 is 0 Å². The van der Waals surface area contributed by atoms with Gasteiger partial charge in [0.15, 0.2) is 0 Å². The van der Waals surface area contributed by atoms with Crippen LogP contribution in [-0.4, -0.2) is 11.2 Å². The second-order valence-electron chi connectivity index (χ2n) is 7.01. The molecule has 4 atom stereocenters.